The van der Waals surface area contributed by atoms with Crippen LogP contribution in [0.3, 0.4) is 0 Å². The molecule has 5 nitrogen and oxygen atoms in total. The van der Waals surface area contributed by atoms with E-state index in [9.17, 15) is 9.59 Å². The van der Waals surface area contributed by atoms with E-state index in [4.69, 9.17) is 9.15 Å². The van der Waals surface area contributed by atoms with Crippen LogP contribution in [0.4, 0.5) is 5.69 Å². The van der Waals surface area contributed by atoms with Gasteiger partial charge in [-0.2, -0.15) is 0 Å². The molecule has 0 aliphatic rings. The first kappa shape index (κ1) is 13.9. The molecule has 0 saturated heterocycles. The molecule has 1 aromatic heterocycles. The predicted octanol–water partition coefficient (Wildman–Crippen LogP) is 3.05. The van der Waals surface area contributed by atoms with E-state index in [0.29, 0.717) is 22.4 Å². The molecule has 0 aliphatic heterocycles. The number of methoxy groups -OCH3 is 1. The number of rotatable bonds is 3. The largest absolute Gasteiger partial charge is 0.497 e. The van der Waals surface area contributed by atoms with Gasteiger partial charge in [-0.3, -0.25) is 9.59 Å². The Morgan fingerprint density at radius 3 is 2.55 bits per heavy atom. The van der Waals surface area contributed by atoms with Crippen LogP contribution in [-0.4, -0.2) is 13.0 Å². The molecule has 0 atom stereocenters. The Morgan fingerprint density at radius 1 is 1.09 bits per heavy atom. The third kappa shape index (κ3) is 2.56. The highest BCUT2D eigenvalue weighted by Gasteiger charge is 2.14. The lowest BCUT2D eigenvalue weighted by atomic mass is 10.1. The van der Waals surface area contributed by atoms with Gasteiger partial charge >= 0.3 is 0 Å². The topological polar surface area (TPSA) is 68.5 Å². The van der Waals surface area contributed by atoms with E-state index in [1.165, 1.54) is 6.26 Å². The molecule has 1 amide bonds. The first-order valence-corrected chi connectivity index (χ1v) is 6.65. The molecule has 0 fully saturated rings. The zero-order valence-electron chi connectivity index (χ0n) is 11.8. The third-order valence-corrected chi connectivity index (χ3v) is 3.27. The number of para-hydroxylation sites is 1. The second kappa shape index (κ2) is 5.73. The van der Waals surface area contributed by atoms with Crippen LogP contribution < -0.4 is 15.5 Å². The molecule has 2 aromatic carbocycles. The number of hydrogen-bond donors (Lipinski definition) is 1. The van der Waals surface area contributed by atoms with Crippen LogP contribution in [0.1, 0.15) is 10.4 Å². The fourth-order valence-corrected chi connectivity index (χ4v) is 2.11. The van der Waals surface area contributed by atoms with Gasteiger partial charge in [-0.25, -0.2) is 0 Å². The lowest BCUT2D eigenvalue weighted by molar-refractivity contribution is 0.102. The van der Waals surface area contributed by atoms with Gasteiger partial charge < -0.3 is 14.5 Å². The molecule has 110 valence electrons. The third-order valence-electron chi connectivity index (χ3n) is 3.27. The van der Waals surface area contributed by atoms with Gasteiger partial charge in [-0.15, -0.1) is 0 Å². The Bertz CT molecular complexity index is 881. The van der Waals surface area contributed by atoms with E-state index in [1.54, 1.807) is 55.6 Å². The molecule has 0 spiro atoms. The monoisotopic (exact) mass is 295 g/mol. The van der Waals surface area contributed by atoms with Crippen molar-refractivity contribution in [1.82, 2.24) is 0 Å². The number of fused-ring (bicyclic) bond motifs is 1. The van der Waals surface area contributed by atoms with Gasteiger partial charge in [0.2, 0.25) is 5.43 Å². The van der Waals surface area contributed by atoms with Crippen molar-refractivity contribution in [2.45, 2.75) is 0 Å². The number of ether oxygens (including phenoxy) is 1. The Hall–Kier alpha value is -3.08. The van der Waals surface area contributed by atoms with E-state index in [0.717, 1.165) is 0 Å². The summed E-state index contributed by atoms with van der Waals surface area (Å²) in [6, 6.07) is 13.6. The molecular weight excluding hydrogens is 282 g/mol. The first-order chi connectivity index (χ1) is 10.7. The van der Waals surface area contributed by atoms with Crippen molar-refractivity contribution >= 4 is 22.6 Å². The Balaban J connectivity index is 1.91. The molecule has 0 saturated carbocycles. The number of anilines is 1. The van der Waals surface area contributed by atoms with E-state index in [-0.39, 0.29) is 11.0 Å². The lowest BCUT2D eigenvalue weighted by Crippen LogP contribution is -2.21. The summed E-state index contributed by atoms with van der Waals surface area (Å²) < 4.78 is 10.4. The minimum absolute atomic E-state index is 0.0329. The molecular formula is C17H13NO4. The summed E-state index contributed by atoms with van der Waals surface area (Å²) in [5, 5.41) is 3.04. The summed E-state index contributed by atoms with van der Waals surface area (Å²) in [6.07, 6.45) is 1.18. The van der Waals surface area contributed by atoms with Crippen LogP contribution in [-0.2, 0) is 0 Å². The fourth-order valence-electron chi connectivity index (χ4n) is 2.11. The molecule has 5 heteroatoms. The molecule has 3 rings (SSSR count). The standard InChI is InChI=1S/C17H13NO4/c1-21-12-8-6-11(7-9-12)18-17(20)14-10-22-15-5-3-2-4-13(15)16(14)19/h2-10H,1H3,(H,18,20). The highest BCUT2D eigenvalue weighted by molar-refractivity contribution is 6.05. The van der Waals surface area contributed by atoms with Gasteiger partial charge in [-0.1, -0.05) is 12.1 Å². The van der Waals surface area contributed by atoms with Crippen LogP contribution in [0.5, 0.6) is 5.75 Å². The second-order valence-electron chi connectivity index (χ2n) is 4.66. The Labute approximate surface area is 126 Å². The van der Waals surface area contributed by atoms with E-state index < -0.39 is 5.91 Å². The summed E-state index contributed by atoms with van der Waals surface area (Å²) in [5.41, 5.74) is 0.634. The van der Waals surface area contributed by atoms with Crippen LogP contribution >= 0.6 is 0 Å². The van der Waals surface area contributed by atoms with Crippen LogP contribution in [0.2, 0.25) is 0 Å². The van der Waals surface area contributed by atoms with Crippen molar-refractivity contribution in [3.8, 4) is 5.75 Å². The van der Waals surface area contributed by atoms with Gasteiger partial charge in [0.15, 0.2) is 0 Å². The molecule has 1 heterocycles. The zero-order valence-corrected chi connectivity index (χ0v) is 11.8. The smallest absolute Gasteiger partial charge is 0.262 e. The number of carbonyl (C=O) groups is 1. The minimum atomic E-state index is -0.510. The molecule has 0 radical (unpaired) electrons. The molecule has 0 unspecified atom stereocenters. The van der Waals surface area contributed by atoms with E-state index in [1.807, 2.05) is 0 Å². The van der Waals surface area contributed by atoms with Crippen molar-refractivity contribution < 1.29 is 13.9 Å². The number of benzene rings is 2. The molecule has 3 aromatic rings. The maximum absolute atomic E-state index is 12.3. The number of hydrogen-bond acceptors (Lipinski definition) is 4. The lowest BCUT2D eigenvalue weighted by Gasteiger charge is -2.06. The van der Waals surface area contributed by atoms with Gasteiger partial charge in [0.25, 0.3) is 5.91 Å². The van der Waals surface area contributed by atoms with E-state index in [2.05, 4.69) is 5.32 Å². The van der Waals surface area contributed by atoms with Crippen molar-refractivity contribution in [3.05, 3.63) is 70.6 Å². The normalized spacial score (nSPS) is 10.4. The van der Waals surface area contributed by atoms with Crippen LogP contribution in [0.25, 0.3) is 11.0 Å². The van der Waals surface area contributed by atoms with Gasteiger partial charge in [0, 0.05) is 5.69 Å². The molecule has 0 aliphatic carbocycles. The van der Waals surface area contributed by atoms with E-state index >= 15 is 0 Å². The number of nitrogens with one attached hydrogen (secondary N) is 1. The van der Waals surface area contributed by atoms with Gasteiger partial charge in [-0.05, 0) is 36.4 Å². The summed E-state index contributed by atoms with van der Waals surface area (Å²) in [7, 11) is 1.56. The van der Waals surface area contributed by atoms with Crippen molar-refractivity contribution in [2.75, 3.05) is 12.4 Å². The highest BCUT2D eigenvalue weighted by Crippen LogP contribution is 2.16. The Kier molecular flexibility index (Phi) is 3.62. The van der Waals surface area contributed by atoms with Crippen LogP contribution in [0.15, 0.2) is 64.0 Å². The number of amides is 1. The van der Waals surface area contributed by atoms with Crippen molar-refractivity contribution in [2.24, 2.45) is 0 Å². The Morgan fingerprint density at radius 2 is 1.82 bits per heavy atom. The first-order valence-electron chi connectivity index (χ1n) is 6.65. The van der Waals surface area contributed by atoms with Crippen molar-refractivity contribution in [3.63, 3.8) is 0 Å². The summed E-state index contributed by atoms with van der Waals surface area (Å²) in [6.45, 7) is 0. The maximum atomic E-state index is 12.3. The average molecular weight is 295 g/mol. The van der Waals surface area contributed by atoms with Crippen LogP contribution in [0, 0.1) is 0 Å². The summed E-state index contributed by atoms with van der Waals surface area (Å²) in [4.78, 5) is 24.6. The fraction of sp³-hybridized carbons (Fsp3) is 0.0588. The summed E-state index contributed by atoms with van der Waals surface area (Å²) >= 11 is 0. The molecule has 22 heavy (non-hydrogen) atoms. The maximum Gasteiger partial charge on any atom is 0.262 e. The van der Waals surface area contributed by atoms with Gasteiger partial charge in [0.05, 0.1) is 12.5 Å². The minimum Gasteiger partial charge on any atom is -0.497 e. The molecule has 1 N–H and O–H groups in total. The summed E-state index contributed by atoms with van der Waals surface area (Å²) in [5.74, 6) is 0.174. The quantitative estimate of drug-likeness (QED) is 0.806. The highest BCUT2D eigenvalue weighted by atomic mass is 16.5. The number of carbonyl (C=O) groups excluding carboxylic acids is 1. The average Bonchev–Trinajstić information content (AvgIpc) is 2.56. The second-order valence-corrected chi connectivity index (χ2v) is 4.66. The zero-order chi connectivity index (χ0) is 15.5. The van der Waals surface area contributed by atoms with Crippen molar-refractivity contribution in [1.29, 1.82) is 0 Å². The molecule has 0 bridgehead atoms. The van der Waals surface area contributed by atoms with Gasteiger partial charge in [0.1, 0.15) is 23.2 Å². The predicted molar refractivity (Wildman–Crippen MR) is 83.4 cm³/mol. The SMILES string of the molecule is COc1ccc(NC(=O)c2coc3ccccc3c2=O)cc1.